The number of anilines is 1. The van der Waals surface area contributed by atoms with Gasteiger partial charge in [0.2, 0.25) is 0 Å². The molecule has 0 atom stereocenters. The third-order valence-corrected chi connectivity index (χ3v) is 6.14. The Balaban J connectivity index is 1.65. The fourth-order valence-electron chi connectivity index (χ4n) is 3.49. The maximum absolute atomic E-state index is 13.7. The van der Waals surface area contributed by atoms with Gasteiger partial charge in [-0.2, -0.15) is 13.2 Å². The van der Waals surface area contributed by atoms with Crippen LogP contribution in [0.3, 0.4) is 0 Å². The van der Waals surface area contributed by atoms with Crippen molar-refractivity contribution in [3.05, 3.63) is 63.2 Å². The third-order valence-electron chi connectivity index (χ3n) is 4.80. The lowest BCUT2D eigenvalue weighted by Crippen LogP contribution is -2.17. The molecule has 0 aliphatic heterocycles. The summed E-state index contributed by atoms with van der Waals surface area (Å²) in [6, 6.07) is 2.71. The van der Waals surface area contributed by atoms with Crippen molar-refractivity contribution < 1.29 is 26.7 Å². The van der Waals surface area contributed by atoms with Gasteiger partial charge in [0, 0.05) is 22.2 Å². The lowest BCUT2D eigenvalue weighted by atomic mass is 9.92. The highest BCUT2D eigenvalue weighted by Gasteiger charge is 2.39. The Morgan fingerprint density at radius 1 is 1.03 bits per heavy atom. The summed E-state index contributed by atoms with van der Waals surface area (Å²) >= 11 is 0.767. The maximum Gasteiger partial charge on any atom is 0.426 e. The summed E-state index contributed by atoms with van der Waals surface area (Å²) in [7, 11) is 0. The van der Waals surface area contributed by atoms with Crippen LogP contribution in [-0.2, 0) is 19.0 Å². The Labute approximate surface area is 171 Å². The molecule has 1 amide bonds. The summed E-state index contributed by atoms with van der Waals surface area (Å²) in [6.07, 6.45) is 1.000. The van der Waals surface area contributed by atoms with Crippen molar-refractivity contribution >= 4 is 23.1 Å². The molecule has 4 rings (SSSR count). The molecule has 1 N–H and O–H groups in total. The van der Waals surface area contributed by atoms with E-state index in [1.54, 1.807) is 0 Å². The first-order valence-corrected chi connectivity index (χ1v) is 9.86. The molecule has 3 aromatic rings. The summed E-state index contributed by atoms with van der Waals surface area (Å²) in [5, 5.41) is 2.24. The number of nitrogens with one attached hydrogen (secondary N) is 1. The summed E-state index contributed by atoms with van der Waals surface area (Å²) in [5.41, 5.74) is 0.278. The molecule has 0 fully saturated rings. The summed E-state index contributed by atoms with van der Waals surface area (Å²) < 4.78 is 68.1. The van der Waals surface area contributed by atoms with Crippen molar-refractivity contribution in [2.45, 2.75) is 31.9 Å². The van der Waals surface area contributed by atoms with Crippen LogP contribution in [0.2, 0.25) is 0 Å². The molecule has 10 heteroatoms. The molecular weight excluding hydrogens is 425 g/mol. The highest BCUT2D eigenvalue weighted by molar-refractivity contribution is 7.12. The van der Waals surface area contributed by atoms with Crippen molar-refractivity contribution in [3.8, 4) is 11.1 Å². The Bertz CT molecular complexity index is 1090. The van der Waals surface area contributed by atoms with Gasteiger partial charge in [-0.05, 0) is 43.4 Å². The van der Waals surface area contributed by atoms with Crippen LogP contribution in [0.5, 0.6) is 0 Å². The first-order chi connectivity index (χ1) is 14.3. The quantitative estimate of drug-likeness (QED) is 0.538. The largest absolute Gasteiger partial charge is 0.426 e. The van der Waals surface area contributed by atoms with Crippen LogP contribution in [0.4, 0.5) is 27.8 Å². The molecule has 0 saturated heterocycles. The monoisotopic (exact) mass is 439 g/mol. The third kappa shape index (κ3) is 3.79. The van der Waals surface area contributed by atoms with Crippen LogP contribution >= 0.6 is 11.3 Å². The van der Waals surface area contributed by atoms with Gasteiger partial charge in [0.25, 0.3) is 5.91 Å². The molecule has 0 unspecified atom stereocenters. The zero-order valence-corrected chi connectivity index (χ0v) is 16.1. The topological polar surface area (TPSA) is 54.9 Å². The van der Waals surface area contributed by atoms with Gasteiger partial charge in [0.1, 0.15) is 16.3 Å². The number of hydrogen-bond acceptors (Lipinski definition) is 4. The van der Waals surface area contributed by atoms with Crippen LogP contribution in [0.1, 0.15) is 38.5 Å². The van der Waals surface area contributed by atoms with Crippen molar-refractivity contribution in [1.29, 1.82) is 0 Å². The number of fused-ring (bicyclic) bond motifs is 1. The molecule has 0 radical (unpaired) electrons. The number of carbonyl (C=O) groups excluding carboxylic acids is 1. The fourth-order valence-corrected chi connectivity index (χ4v) is 4.77. The van der Waals surface area contributed by atoms with Crippen molar-refractivity contribution in [2.24, 2.45) is 0 Å². The normalized spacial score (nSPS) is 13.8. The van der Waals surface area contributed by atoms with E-state index in [1.165, 1.54) is 18.3 Å². The lowest BCUT2D eigenvalue weighted by Gasteiger charge is -2.14. The van der Waals surface area contributed by atoms with E-state index in [0.29, 0.717) is 30.8 Å². The average Bonchev–Trinajstić information content (AvgIpc) is 3.09. The number of halogens is 5. The molecule has 0 bridgehead atoms. The highest BCUT2D eigenvalue weighted by Crippen LogP contribution is 2.47. The number of carbonyl (C=O) groups is 1. The van der Waals surface area contributed by atoms with E-state index in [4.69, 9.17) is 0 Å². The minimum atomic E-state index is -4.49. The molecule has 156 valence electrons. The van der Waals surface area contributed by atoms with Gasteiger partial charge in [-0.25, -0.2) is 13.8 Å². The fraction of sp³-hybridized carbons (Fsp3) is 0.250. The number of thiophene rings is 1. The number of hydrogen-bond donors (Lipinski definition) is 1. The predicted molar refractivity (Wildman–Crippen MR) is 101 cm³/mol. The number of nitrogens with zero attached hydrogens (tertiary/aromatic N) is 2. The molecule has 0 spiro atoms. The number of aryl methyl sites for hydroxylation is 1. The standard InChI is InChI=1S/C20H14F5N3OS/c21-12-8-26-9-13(22)17(12)19(29)28-15-6-5-10(7-27-15)16-11-3-1-2-4-14(11)30-18(16)20(23,24)25/h5-9H,1-4H2,(H,27,28,29). The SMILES string of the molecule is O=C(Nc1ccc(-c2c(C(F)(F)F)sc3c2CCCC3)cn1)c1c(F)cncc1F. The van der Waals surface area contributed by atoms with Crippen LogP contribution in [-0.4, -0.2) is 15.9 Å². The van der Waals surface area contributed by atoms with Crippen molar-refractivity contribution in [3.63, 3.8) is 0 Å². The zero-order valence-electron chi connectivity index (χ0n) is 15.3. The van der Waals surface area contributed by atoms with Gasteiger partial charge in [-0.15, -0.1) is 11.3 Å². The van der Waals surface area contributed by atoms with Crippen molar-refractivity contribution in [2.75, 3.05) is 5.32 Å². The number of pyridine rings is 2. The lowest BCUT2D eigenvalue weighted by molar-refractivity contribution is -0.133. The van der Waals surface area contributed by atoms with Crippen molar-refractivity contribution in [1.82, 2.24) is 9.97 Å². The van der Waals surface area contributed by atoms with Crippen LogP contribution in [0.15, 0.2) is 30.7 Å². The van der Waals surface area contributed by atoms with E-state index >= 15 is 0 Å². The molecular formula is C20H14F5N3OS. The summed E-state index contributed by atoms with van der Waals surface area (Å²) in [5.74, 6) is -3.39. The van der Waals surface area contributed by atoms with Crippen LogP contribution < -0.4 is 5.32 Å². The minimum absolute atomic E-state index is 0.0444. The molecule has 0 saturated carbocycles. The average molecular weight is 439 g/mol. The number of aromatic nitrogens is 2. The molecule has 3 aromatic heterocycles. The van der Waals surface area contributed by atoms with Gasteiger partial charge in [0.05, 0.1) is 12.4 Å². The molecule has 3 heterocycles. The first-order valence-electron chi connectivity index (χ1n) is 9.04. The Kier molecular flexibility index (Phi) is 5.27. The Morgan fingerprint density at radius 2 is 1.73 bits per heavy atom. The van der Waals surface area contributed by atoms with E-state index in [-0.39, 0.29) is 16.9 Å². The summed E-state index contributed by atoms with van der Waals surface area (Å²) in [4.78, 5) is 19.5. The van der Waals surface area contributed by atoms with Gasteiger partial charge in [-0.3, -0.25) is 9.78 Å². The van der Waals surface area contributed by atoms with E-state index in [9.17, 15) is 26.7 Å². The number of amides is 1. The summed E-state index contributed by atoms with van der Waals surface area (Å²) in [6.45, 7) is 0. The van der Waals surface area contributed by atoms with E-state index in [0.717, 1.165) is 29.1 Å². The minimum Gasteiger partial charge on any atom is -0.306 e. The Morgan fingerprint density at radius 3 is 2.37 bits per heavy atom. The van der Waals surface area contributed by atoms with Crippen LogP contribution in [0, 0.1) is 11.6 Å². The predicted octanol–water partition coefficient (Wildman–Crippen LogP) is 5.63. The molecule has 4 nitrogen and oxygen atoms in total. The van der Waals surface area contributed by atoms with Gasteiger partial charge >= 0.3 is 6.18 Å². The van der Waals surface area contributed by atoms with Crippen LogP contribution in [0.25, 0.3) is 11.1 Å². The second-order valence-corrected chi connectivity index (χ2v) is 7.88. The molecule has 1 aliphatic carbocycles. The van der Waals surface area contributed by atoms with E-state index in [2.05, 4.69) is 15.3 Å². The van der Waals surface area contributed by atoms with Gasteiger partial charge in [-0.1, -0.05) is 0 Å². The second-order valence-electron chi connectivity index (χ2n) is 6.78. The first kappa shape index (κ1) is 20.4. The second kappa shape index (κ2) is 7.75. The molecule has 1 aliphatic rings. The maximum atomic E-state index is 13.7. The van der Waals surface area contributed by atoms with Gasteiger partial charge < -0.3 is 5.32 Å². The van der Waals surface area contributed by atoms with E-state index < -0.39 is 34.2 Å². The highest BCUT2D eigenvalue weighted by atomic mass is 32.1. The molecule has 30 heavy (non-hydrogen) atoms. The number of alkyl halides is 3. The van der Waals surface area contributed by atoms with Gasteiger partial charge in [0.15, 0.2) is 11.6 Å². The Hall–Kier alpha value is -2.88. The molecule has 0 aromatic carbocycles. The zero-order chi connectivity index (χ0) is 21.5. The smallest absolute Gasteiger partial charge is 0.306 e. The number of rotatable bonds is 3. The van der Waals surface area contributed by atoms with E-state index in [1.807, 2.05) is 0 Å².